The minimum atomic E-state index is -0.0312. The molecule has 1 fully saturated rings. The van der Waals surface area contributed by atoms with Crippen molar-refractivity contribution in [3.8, 4) is 0 Å². The molecule has 0 heterocycles. The van der Waals surface area contributed by atoms with Crippen LogP contribution in [0.5, 0.6) is 0 Å². The van der Waals surface area contributed by atoms with Gasteiger partial charge in [-0.1, -0.05) is 19.3 Å². The fourth-order valence-electron chi connectivity index (χ4n) is 1.73. The Morgan fingerprint density at radius 2 is 2.00 bits per heavy atom. The van der Waals surface area contributed by atoms with Crippen LogP contribution in [0.3, 0.4) is 0 Å². The van der Waals surface area contributed by atoms with E-state index in [1.165, 1.54) is 25.3 Å². The third-order valence-electron chi connectivity index (χ3n) is 2.61. The van der Waals surface area contributed by atoms with Crippen LogP contribution in [0.1, 0.15) is 39.0 Å². The number of carbonyl (C=O) groups excluding carboxylic acids is 1. The largest absolute Gasteiger partial charge is 0.501 e. The Morgan fingerprint density at radius 1 is 1.36 bits per heavy atom. The molecule has 0 radical (unpaired) electrons. The summed E-state index contributed by atoms with van der Waals surface area (Å²) in [7, 11) is 1.57. The summed E-state index contributed by atoms with van der Waals surface area (Å²) in [4.78, 5) is 11.4. The molecule has 80 valence electrons. The molecule has 1 aliphatic rings. The number of nitrogens with one attached hydrogen (secondary N) is 1. The average Bonchev–Trinajstić information content (AvgIpc) is 2.19. The summed E-state index contributed by atoms with van der Waals surface area (Å²) in [6.07, 6.45) is 7.51. The van der Waals surface area contributed by atoms with E-state index in [9.17, 15) is 4.79 Å². The summed E-state index contributed by atoms with van der Waals surface area (Å²) in [6, 6.07) is 0.372. The molecule has 0 unspecified atom stereocenters. The highest BCUT2D eigenvalue weighted by Crippen LogP contribution is 2.17. The van der Waals surface area contributed by atoms with Gasteiger partial charge in [0, 0.05) is 12.1 Å². The van der Waals surface area contributed by atoms with Gasteiger partial charge >= 0.3 is 0 Å². The van der Waals surface area contributed by atoms with E-state index in [0.29, 0.717) is 11.8 Å². The maximum absolute atomic E-state index is 11.4. The Bertz CT molecular complexity index is 217. The number of amides is 1. The van der Waals surface area contributed by atoms with Gasteiger partial charge in [-0.3, -0.25) is 4.79 Å². The van der Waals surface area contributed by atoms with Gasteiger partial charge in [0.05, 0.1) is 12.9 Å². The third kappa shape index (κ3) is 3.81. The smallest absolute Gasteiger partial charge is 0.247 e. The number of methoxy groups -OCH3 is 1. The van der Waals surface area contributed by atoms with E-state index in [4.69, 9.17) is 4.74 Å². The van der Waals surface area contributed by atoms with Crippen LogP contribution in [-0.2, 0) is 9.53 Å². The summed E-state index contributed by atoms with van der Waals surface area (Å²) in [6.45, 7) is 1.78. The van der Waals surface area contributed by atoms with Crippen LogP contribution in [0.2, 0.25) is 0 Å². The normalized spacial score (nSPS) is 19.1. The van der Waals surface area contributed by atoms with Gasteiger partial charge in [0.1, 0.15) is 0 Å². The number of carbonyl (C=O) groups is 1. The second-order valence-corrected chi connectivity index (χ2v) is 3.80. The van der Waals surface area contributed by atoms with E-state index in [2.05, 4.69) is 5.32 Å². The lowest BCUT2D eigenvalue weighted by molar-refractivity contribution is -0.117. The molecule has 0 aromatic heterocycles. The van der Waals surface area contributed by atoms with Crippen LogP contribution in [0, 0.1) is 0 Å². The first-order valence-corrected chi connectivity index (χ1v) is 5.25. The van der Waals surface area contributed by atoms with Crippen molar-refractivity contribution in [1.29, 1.82) is 0 Å². The summed E-state index contributed by atoms with van der Waals surface area (Å²) in [5.41, 5.74) is 0. The topological polar surface area (TPSA) is 38.3 Å². The van der Waals surface area contributed by atoms with Crippen molar-refractivity contribution in [3.63, 3.8) is 0 Å². The summed E-state index contributed by atoms with van der Waals surface area (Å²) in [5.74, 6) is 0.620. The zero-order chi connectivity index (χ0) is 10.4. The van der Waals surface area contributed by atoms with Crippen molar-refractivity contribution >= 4 is 5.91 Å². The van der Waals surface area contributed by atoms with Crippen LogP contribution in [0.15, 0.2) is 11.8 Å². The fraction of sp³-hybridized carbons (Fsp3) is 0.727. The van der Waals surface area contributed by atoms with Gasteiger partial charge in [-0.2, -0.15) is 0 Å². The van der Waals surface area contributed by atoms with Crippen molar-refractivity contribution in [3.05, 3.63) is 11.8 Å². The van der Waals surface area contributed by atoms with Crippen LogP contribution < -0.4 is 5.32 Å². The third-order valence-corrected chi connectivity index (χ3v) is 2.61. The zero-order valence-corrected chi connectivity index (χ0v) is 9.01. The van der Waals surface area contributed by atoms with Crippen molar-refractivity contribution < 1.29 is 9.53 Å². The quantitative estimate of drug-likeness (QED) is 0.555. The van der Waals surface area contributed by atoms with E-state index in [0.717, 1.165) is 12.8 Å². The maximum Gasteiger partial charge on any atom is 0.247 e. The van der Waals surface area contributed by atoms with E-state index in [1.807, 2.05) is 0 Å². The molecule has 1 amide bonds. The number of hydrogen-bond donors (Lipinski definition) is 1. The van der Waals surface area contributed by atoms with Gasteiger partial charge in [-0.05, 0) is 19.8 Å². The Hall–Kier alpha value is -0.990. The molecule has 3 nitrogen and oxygen atoms in total. The SMILES string of the molecule is CO/C(C)=C\C(=O)NC1CCCCC1. The second kappa shape index (κ2) is 5.68. The van der Waals surface area contributed by atoms with E-state index < -0.39 is 0 Å². The van der Waals surface area contributed by atoms with Gasteiger partial charge in [-0.25, -0.2) is 0 Å². The van der Waals surface area contributed by atoms with Crippen LogP contribution >= 0.6 is 0 Å². The van der Waals surface area contributed by atoms with Crippen molar-refractivity contribution in [2.24, 2.45) is 0 Å². The Balaban J connectivity index is 2.32. The highest BCUT2D eigenvalue weighted by molar-refractivity contribution is 5.88. The van der Waals surface area contributed by atoms with Crippen molar-refractivity contribution in [2.75, 3.05) is 7.11 Å². The van der Waals surface area contributed by atoms with Crippen LogP contribution in [-0.4, -0.2) is 19.1 Å². The fourth-order valence-corrected chi connectivity index (χ4v) is 1.73. The first-order valence-electron chi connectivity index (χ1n) is 5.25. The molecule has 0 aliphatic heterocycles. The first kappa shape index (κ1) is 11.1. The van der Waals surface area contributed by atoms with Gasteiger partial charge < -0.3 is 10.1 Å². The van der Waals surface area contributed by atoms with E-state index in [1.54, 1.807) is 14.0 Å². The molecule has 1 N–H and O–H groups in total. The lowest BCUT2D eigenvalue weighted by Gasteiger charge is -2.22. The molecule has 0 aromatic rings. The monoisotopic (exact) mass is 197 g/mol. The predicted molar refractivity (Wildman–Crippen MR) is 55.8 cm³/mol. The number of ether oxygens (including phenoxy) is 1. The minimum Gasteiger partial charge on any atom is -0.501 e. The highest BCUT2D eigenvalue weighted by atomic mass is 16.5. The van der Waals surface area contributed by atoms with Gasteiger partial charge in [-0.15, -0.1) is 0 Å². The highest BCUT2D eigenvalue weighted by Gasteiger charge is 2.14. The predicted octanol–water partition coefficient (Wildman–Crippen LogP) is 1.99. The van der Waals surface area contributed by atoms with Gasteiger partial charge in [0.2, 0.25) is 5.91 Å². The standard InChI is InChI=1S/C11H19NO2/c1-9(14-2)8-11(13)12-10-6-4-3-5-7-10/h8,10H,3-7H2,1-2H3,(H,12,13)/b9-8-. The molecular formula is C11H19NO2. The van der Waals surface area contributed by atoms with Crippen LogP contribution in [0.25, 0.3) is 0 Å². The average molecular weight is 197 g/mol. The van der Waals surface area contributed by atoms with Crippen LogP contribution in [0.4, 0.5) is 0 Å². The molecule has 1 rings (SSSR count). The maximum atomic E-state index is 11.4. The van der Waals surface area contributed by atoms with E-state index >= 15 is 0 Å². The molecule has 14 heavy (non-hydrogen) atoms. The Kier molecular flexibility index (Phi) is 4.50. The lowest BCUT2D eigenvalue weighted by atomic mass is 9.95. The summed E-state index contributed by atoms with van der Waals surface area (Å²) >= 11 is 0. The number of rotatable bonds is 3. The Morgan fingerprint density at radius 3 is 2.57 bits per heavy atom. The molecule has 0 bridgehead atoms. The van der Waals surface area contributed by atoms with Crippen molar-refractivity contribution in [1.82, 2.24) is 5.32 Å². The van der Waals surface area contributed by atoms with Crippen molar-refractivity contribution in [2.45, 2.75) is 45.1 Å². The first-order chi connectivity index (χ1) is 6.72. The second-order valence-electron chi connectivity index (χ2n) is 3.80. The molecule has 1 saturated carbocycles. The molecule has 0 atom stereocenters. The number of hydrogen-bond acceptors (Lipinski definition) is 2. The molecule has 0 aromatic carbocycles. The minimum absolute atomic E-state index is 0.0312. The molecule has 0 spiro atoms. The zero-order valence-electron chi connectivity index (χ0n) is 9.01. The molecule has 1 aliphatic carbocycles. The van der Waals surface area contributed by atoms with Gasteiger partial charge in [0.15, 0.2) is 0 Å². The molecule has 3 heteroatoms. The lowest BCUT2D eigenvalue weighted by Crippen LogP contribution is -2.35. The molecule has 0 saturated heterocycles. The molecular weight excluding hydrogens is 178 g/mol. The Labute approximate surface area is 85.5 Å². The summed E-state index contributed by atoms with van der Waals surface area (Å²) in [5, 5.41) is 2.99. The number of allylic oxidation sites excluding steroid dienone is 1. The van der Waals surface area contributed by atoms with E-state index in [-0.39, 0.29) is 5.91 Å². The summed E-state index contributed by atoms with van der Waals surface area (Å²) < 4.78 is 4.91. The van der Waals surface area contributed by atoms with Gasteiger partial charge in [0.25, 0.3) is 0 Å².